The van der Waals surface area contributed by atoms with Crippen LogP contribution in [-0.4, -0.2) is 31.1 Å². The molecule has 0 aliphatic heterocycles. The Morgan fingerprint density at radius 3 is 2.43 bits per heavy atom. The third kappa shape index (κ3) is 4.57. The van der Waals surface area contributed by atoms with E-state index in [1.807, 2.05) is 24.3 Å². The number of carboxylic acids is 1. The third-order valence-electron chi connectivity index (χ3n) is 5.85. The fraction of sp³-hybridized carbons (Fsp3) is 0.154. The molecule has 0 saturated carbocycles. The van der Waals surface area contributed by atoms with Crippen LogP contribution >= 0.6 is 22.9 Å². The van der Waals surface area contributed by atoms with Crippen molar-refractivity contribution in [3.63, 3.8) is 0 Å². The second-order valence-electron chi connectivity index (χ2n) is 8.10. The van der Waals surface area contributed by atoms with Gasteiger partial charge in [0, 0.05) is 21.0 Å². The van der Waals surface area contributed by atoms with Crippen molar-refractivity contribution >= 4 is 38.7 Å². The Hall–Kier alpha value is -3.20. The molecular weight excluding hydrogens is 506 g/mol. The Kier molecular flexibility index (Phi) is 6.35. The summed E-state index contributed by atoms with van der Waals surface area (Å²) in [6, 6.07) is 21.3. The molecule has 5 rings (SSSR count). The van der Waals surface area contributed by atoms with Crippen LogP contribution in [0.15, 0.2) is 77.1 Å². The molecular formula is C26H20ClNO5S2. The zero-order chi connectivity index (χ0) is 24.6. The van der Waals surface area contributed by atoms with Crippen molar-refractivity contribution < 1.29 is 23.1 Å². The number of sulfone groups is 1. The van der Waals surface area contributed by atoms with E-state index in [4.69, 9.17) is 21.4 Å². The Labute approximate surface area is 211 Å². The number of hydrogen-bond acceptors (Lipinski definition) is 6. The number of carboxylic acid groups (broad SMARTS) is 1. The first-order chi connectivity index (χ1) is 16.8. The minimum absolute atomic E-state index is 0.0519. The summed E-state index contributed by atoms with van der Waals surface area (Å²) < 4.78 is 33.6. The zero-order valence-electron chi connectivity index (χ0n) is 18.3. The van der Waals surface area contributed by atoms with E-state index in [2.05, 4.69) is 4.98 Å². The fourth-order valence-corrected chi connectivity index (χ4v) is 7.74. The summed E-state index contributed by atoms with van der Waals surface area (Å²) in [7, 11) is -3.89. The Balaban J connectivity index is 1.59. The van der Waals surface area contributed by atoms with E-state index in [0.29, 0.717) is 40.4 Å². The lowest BCUT2D eigenvalue weighted by Gasteiger charge is -2.18. The summed E-state index contributed by atoms with van der Waals surface area (Å²) in [5, 5.41) is 8.57. The predicted octanol–water partition coefficient (Wildman–Crippen LogP) is 5.59. The maximum Gasteiger partial charge on any atom is 0.341 e. The molecule has 1 aliphatic carbocycles. The molecule has 0 amide bonds. The van der Waals surface area contributed by atoms with E-state index in [0.717, 1.165) is 16.0 Å². The SMILES string of the molecule is O=C(O)COc1cccc2c1CCc1sc(S(=O)(=O)C(c3ccccc3)c3ccc(Cl)cc3)nc1-2. The first kappa shape index (κ1) is 23.5. The second-order valence-corrected chi connectivity index (χ2v) is 11.8. The summed E-state index contributed by atoms with van der Waals surface area (Å²) in [6.07, 6.45) is 1.21. The van der Waals surface area contributed by atoms with Gasteiger partial charge < -0.3 is 9.84 Å². The average Bonchev–Trinajstić information content (AvgIpc) is 3.31. The van der Waals surface area contributed by atoms with Gasteiger partial charge in [0.2, 0.25) is 14.2 Å². The molecule has 1 aliphatic rings. The summed E-state index contributed by atoms with van der Waals surface area (Å²) >= 11 is 7.25. The van der Waals surface area contributed by atoms with E-state index in [9.17, 15) is 13.2 Å². The van der Waals surface area contributed by atoms with Crippen LogP contribution in [0.2, 0.25) is 5.02 Å². The molecule has 4 aromatic rings. The number of thiazole rings is 1. The van der Waals surface area contributed by atoms with Gasteiger partial charge in [-0.2, -0.15) is 0 Å². The molecule has 1 heterocycles. The molecule has 0 fully saturated rings. The van der Waals surface area contributed by atoms with Gasteiger partial charge >= 0.3 is 5.97 Å². The highest BCUT2D eigenvalue weighted by Crippen LogP contribution is 2.44. The maximum absolute atomic E-state index is 14.0. The van der Waals surface area contributed by atoms with Gasteiger partial charge in [0.25, 0.3) is 0 Å². The van der Waals surface area contributed by atoms with Crippen LogP contribution in [0.3, 0.4) is 0 Å². The van der Waals surface area contributed by atoms with E-state index in [1.165, 1.54) is 11.3 Å². The van der Waals surface area contributed by atoms with Gasteiger partial charge in [0.15, 0.2) is 6.61 Å². The van der Waals surface area contributed by atoms with E-state index >= 15 is 0 Å². The number of hydrogen-bond donors (Lipinski definition) is 1. The number of carbonyl (C=O) groups is 1. The van der Waals surface area contributed by atoms with Crippen molar-refractivity contribution in [2.24, 2.45) is 0 Å². The number of aryl methyl sites for hydroxylation is 1. The normalized spacial score (nSPS) is 13.5. The van der Waals surface area contributed by atoms with E-state index < -0.39 is 27.7 Å². The van der Waals surface area contributed by atoms with Crippen LogP contribution in [-0.2, 0) is 27.5 Å². The van der Waals surface area contributed by atoms with Crippen LogP contribution < -0.4 is 4.74 Å². The Morgan fingerprint density at radius 1 is 1.00 bits per heavy atom. The van der Waals surface area contributed by atoms with E-state index in [-0.39, 0.29) is 4.34 Å². The number of aliphatic carboxylic acids is 1. The minimum Gasteiger partial charge on any atom is -0.482 e. The van der Waals surface area contributed by atoms with Crippen LogP contribution in [0.25, 0.3) is 11.3 Å². The van der Waals surface area contributed by atoms with Gasteiger partial charge in [0.1, 0.15) is 11.0 Å². The molecule has 3 aromatic carbocycles. The van der Waals surface area contributed by atoms with Crippen LogP contribution in [0, 0.1) is 0 Å². The van der Waals surface area contributed by atoms with Gasteiger partial charge in [0.05, 0.1) is 5.69 Å². The molecule has 0 radical (unpaired) electrons. The summed E-state index contributed by atoms with van der Waals surface area (Å²) in [5.74, 6) is -0.577. The molecule has 1 atom stereocenters. The molecule has 35 heavy (non-hydrogen) atoms. The van der Waals surface area contributed by atoms with Crippen molar-refractivity contribution in [2.75, 3.05) is 6.61 Å². The Morgan fingerprint density at radius 2 is 1.71 bits per heavy atom. The molecule has 6 nitrogen and oxygen atoms in total. The molecule has 0 spiro atoms. The number of benzene rings is 3. The number of aromatic nitrogens is 1. The molecule has 0 bridgehead atoms. The lowest BCUT2D eigenvalue weighted by atomic mass is 9.93. The zero-order valence-corrected chi connectivity index (χ0v) is 20.7. The van der Waals surface area contributed by atoms with Crippen LogP contribution in [0.1, 0.15) is 26.8 Å². The quantitative estimate of drug-likeness (QED) is 0.338. The first-order valence-corrected chi connectivity index (χ1v) is 13.6. The number of fused-ring (bicyclic) bond motifs is 3. The lowest BCUT2D eigenvalue weighted by molar-refractivity contribution is -0.139. The number of halogens is 1. The van der Waals surface area contributed by atoms with Crippen molar-refractivity contribution in [1.82, 2.24) is 4.98 Å². The van der Waals surface area contributed by atoms with Crippen molar-refractivity contribution in [3.8, 4) is 17.0 Å². The highest BCUT2D eigenvalue weighted by molar-refractivity contribution is 7.93. The fourth-order valence-electron chi connectivity index (χ4n) is 4.31. The summed E-state index contributed by atoms with van der Waals surface area (Å²) in [5.41, 5.74) is 3.48. The van der Waals surface area contributed by atoms with Gasteiger partial charge in [-0.05, 0) is 42.2 Å². The second kappa shape index (κ2) is 9.45. The highest BCUT2D eigenvalue weighted by atomic mass is 35.5. The molecule has 9 heteroatoms. The summed E-state index contributed by atoms with van der Waals surface area (Å²) in [4.78, 5) is 16.5. The van der Waals surface area contributed by atoms with E-state index in [1.54, 1.807) is 48.5 Å². The number of ether oxygens (including phenoxy) is 1. The molecule has 0 saturated heterocycles. The molecule has 1 aromatic heterocycles. The topological polar surface area (TPSA) is 93.6 Å². The predicted molar refractivity (Wildman–Crippen MR) is 135 cm³/mol. The average molecular weight is 526 g/mol. The monoisotopic (exact) mass is 525 g/mol. The van der Waals surface area contributed by atoms with Gasteiger partial charge in [-0.15, -0.1) is 11.3 Å². The highest BCUT2D eigenvalue weighted by Gasteiger charge is 2.35. The molecule has 1 N–H and O–H groups in total. The largest absolute Gasteiger partial charge is 0.482 e. The summed E-state index contributed by atoms with van der Waals surface area (Å²) in [6.45, 7) is -0.445. The number of nitrogens with zero attached hydrogens (tertiary/aromatic N) is 1. The first-order valence-electron chi connectivity index (χ1n) is 10.9. The third-order valence-corrected chi connectivity index (χ3v) is 9.70. The molecule has 178 valence electrons. The van der Waals surface area contributed by atoms with Crippen molar-refractivity contribution in [2.45, 2.75) is 22.4 Å². The molecule has 1 unspecified atom stereocenters. The van der Waals surface area contributed by atoms with Gasteiger partial charge in [-0.25, -0.2) is 18.2 Å². The lowest BCUT2D eigenvalue weighted by Crippen LogP contribution is -2.15. The Bertz CT molecular complexity index is 1500. The van der Waals surface area contributed by atoms with Gasteiger partial charge in [-0.3, -0.25) is 0 Å². The van der Waals surface area contributed by atoms with Crippen molar-refractivity contribution in [3.05, 3.63) is 99.4 Å². The van der Waals surface area contributed by atoms with Gasteiger partial charge in [-0.1, -0.05) is 66.2 Å². The van der Waals surface area contributed by atoms with Crippen molar-refractivity contribution in [1.29, 1.82) is 0 Å². The van der Waals surface area contributed by atoms with Crippen LogP contribution in [0.5, 0.6) is 5.75 Å². The minimum atomic E-state index is -3.89. The number of rotatable bonds is 7. The van der Waals surface area contributed by atoms with Crippen LogP contribution in [0.4, 0.5) is 0 Å². The smallest absolute Gasteiger partial charge is 0.341 e. The maximum atomic E-state index is 14.0. The standard InChI is InChI=1S/C26H20ClNO5S2/c27-18-11-9-17(10-12-18)25(16-5-2-1-3-6-16)35(31,32)26-28-24-20-7-4-8-21(33-15-23(29)30)19(20)13-14-22(24)34-26/h1-12,25H,13-15H2,(H,29,30).